The number of unbranched alkanes of at least 4 members (excludes halogenated alkanes) is 2. The first-order valence-corrected chi connectivity index (χ1v) is 8.69. The van der Waals surface area contributed by atoms with Crippen molar-refractivity contribution in [2.45, 2.75) is 47.0 Å². The molecule has 1 amide bonds. The van der Waals surface area contributed by atoms with E-state index in [4.69, 9.17) is 9.47 Å². The van der Waals surface area contributed by atoms with Crippen molar-refractivity contribution >= 4 is 6.41 Å². The van der Waals surface area contributed by atoms with Crippen molar-refractivity contribution in [3.63, 3.8) is 0 Å². The fourth-order valence-electron chi connectivity index (χ4n) is 1.40. The number of hydrogen-bond donors (Lipinski definition) is 1. The van der Waals surface area contributed by atoms with Crippen LogP contribution < -0.4 is 5.32 Å². The molecule has 0 bridgehead atoms. The van der Waals surface area contributed by atoms with Crippen LogP contribution in [0.25, 0.3) is 0 Å². The highest BCUT2D eigenvalue weighted by Crippen LogP contribution is 2.05. The van der Waals surface area contributed by atoms with Crippen molar-refractivity contribution < 1.29 is 14.3 Å². The van der Waals surface area contributed by atoms with Crippen LogP contribution in [0, 0.1) is 0 Å². The van der Waals surface area contributed by atoms with Crippen LogP contribution in [0.3, 0.4) is 0 Å². The van der Waals surface area contributed by atoms with Crippen LogP contribution in [-0.4, -0.2) is 45.7 Å². The summed E-state index contributed by atoms with van der Waals surface area (Å²) in [7, 11) is 5.33. The summed E-state index contributed by atoms with van der Waals surface area (Å²) in [6.45, 7) is 9.38. The van der Waals surface area contributed by atoms with Gasteiger partial charge in [-0.2, -0.15) is 0 Å². The van der Waals surface area contributed by atoms with E-state index in [1.807, 2.05) is 34.9 Å². The molecule has 1 N–H and O–H groups in total. The van der Waals surface area contributed by atoms with E-state index < -0.39 is 0 Å². The Labute approximate surface area is 149 Å². The molecule has 0 aromatic carbocycles. The van der Waals surface area contributed by atoms with E-state index in [0.29, 0.717) is 13.2 Å². The van der Waals surface area contributed by atoms with Crippen LogP contribution in [0.15, 0.2) is 36.4 Å². The van der Waals surface area contributed by atoms with Gasteiger partial charge < -0.3 is 19.7 Å². The van der Waals surface area contributed by atoms with Crippen LogP contribution in [-0.2, 0) is 14.3 Å². The molecule has 0 atom stereocenters. The van der Waals surface area contributed by atoms with Crippen LogP contribution in [0.5, 0.6) is 0 Å². The Bertz CT molecular complexity index is 327. The molecule has 0 aliphatic heterocycles. The van der Waals surface area contributed by atoms with Crippen molar-refractivity contribution in [1.29, 1.82) is 0 Å². The number of methoxy groups -OCH3 is 1. The number of ether oxygens (including phenoxy) is 2. The maximum atomic E-state index is 10.9. The minimum absolute atomic E-state index is 0.607. The Kier molecular flexibility index (Phi) is 29.6. The van der Waals surface area contributed by atoms with Crippen LogP contribution in [0.1, 0.15) is 47.0 Å². The lowest BCUT2D eigenvalue weighted by Gasteiger charge is -2.15. The number of nitrogens with zero attached hydrogens (tertiary/aromatic N) is 1. The van der Waals surface area contributed by atoms with Crippen molar-refractivity contribution in [1.82, 2.24) is 10.2 Å². The molecule has 0 saturated carbocycles. The average molecular weight is 343 g/mol. The third-order valence-electron chi connectivity index (χ3n) is 2.48. The summed E-state index contributed by atoms with van der Waals surface area (Å²) >= 11 is 0. The van der Waals surface area contributed by atoms with Gasteiger partial charge in [0.05, 0.1) is 26.2 Å². The number of rotatable bonds is 11. The molecule has 0 fully saturated rings. The highest BCUT2D eigenvalue weighted by molar-refractivity contribution is 5.53. The Morgan fingerprint density at radius 3 is 2.21 bits per heavy atom. The molecule has 0 spiro atoms. The first-order valence-electron chi connectivity index (χ1n) is 8.69. The summed E-state index contributed by atoms with van der Waals surface area (Å²) in [4.78, 5) is 12.5. The van der Waals surface area contributed by atoms with E-state index in [1.165, 1.54) is 12.8 Å². The lowest BCUT2D eigenvalue weighted by Crippen LogP contribution is -2.19. The molecule has 0 radical (unpaired) electrons. The van der Waals surface area contributed by atoms with E-state index in [-0.39, 0.29) is 0 Å². The van der Waals surface area contributed by atoms with E-state index in [1.54, 1.807) is 42.8 Å². The number of likely N-dealkylation sites (N-methyl/N-ethyl adjacent to an activating group) is 1. The first-order chi connectivity index (χ1) is 11.7. The molecule has 142 valence electrons. The number of nitrogens with one attached hydrogen (secondary N) is 1. The first kappa shape index (κ1) is 27.1. The largest absolute Gasteiger partial charge is 0.504 e. The van der Waals surface area contributed by atoms with Gasteiger partial charge in [0.2, 0.25) is 6.41 Å². The lowest BCUT2D eigenvalue weighted by molar-refractivity contribution is -0.116. The van der Waals surface area contributed by atoms with Gasteiger partial charge in [0, 0.05) is 12.2 Å². The molecule has 0 aliphatic carbocycles. The molecule has 0 aromatic rings. The molecule has 0 unspecified atom stereocenters. The van der Waals surface area contributed by atoms with E-state index in [2.05, 4.69) is 12.2 Å². The standard InChI is InChI=1S/C15H25NO3.C2H7N.C2H6/c1-4-6-7-12-19-13-10-15(9-8-11-18-3)16(5-2)14-17;1-3-2;1-2/h8-11,13-14H,4-7,12H2,1-3H3;3H,1-2H3;1-2H3/b11-8+,13-10+,15-9+;;. The minimum atomic E-state index is 0.607. The summed E-state index contributed by atoms with van der Waals surface area (Å²) in [5, 5.41) is 2.75. The summed E-state index contributed by atoms with van der Waals surface area (Å²) < 4.78 is 10.2. The Balaban J connectivity index is -0.000000786. The van der Waals surface area contributed by atoms with E-state index >= 15 is 0 Å². The Hall–Kier alpha value is -1.75. The van der Waals surface area contributed by atoms with Gasteiger partial charge in [-0.05, 0) is 45.7 Å². The van der Waals surface area contributed by atoms with Crippen LogP contribution in [0.4, 0.5) is 0 Å². The molecule has 0 heterocycles. The molecular weight excluding hydrogens is 304 g/mol. The molecule has 0 rings (SSSR count). The zero-order valence-electron chi connectivity index (χ0n) is 16.7. The van der Waals surface area contributed by atoms with E-state index in [0.717, 1.165) is 18.5 Å². The molecule has 5 nitrogen and oxygen atoms in total. The number of allylic oxidation sites excluding steroid dienone is 3. The summed E-state index contributed by atoms with van der Waals surface area (Å²) in [6.07, 6.45) is 12.7. The zero-order valence-corrected chi connectivity index (χ0v) is 16.7. The molecular formula is C19H38N2O3. The van der Waals surface area contributed by atoms with Gasteiger partial charge in [-0.25, -0.2) is 0 Å². The summed E-state index contributed by atoms with van der Waals surface area (Å²) in [5.74, 6) is 0. The van der Waals surface area contributed by atoms with Crippen LogP contribution in [0.2, 0.25) is 0 Å². The molecule has 24 heavy (non-hydrogen) atoms. The summed E-state index contributed by atoms with van der Waals surface area (Å²) in [5.41, 5.74) is 0.765. The van der Waals surface area contributed by atoms with E-state index in [9.17, 15) is 4.79 Å². The monoisotopic (exact) mass is 342 g/mol. The highest BCUT2D eigenvalue weighted by Gasteiger charge is 2.01. The van der Waals surface area contributed by atoms with Crippen LogP contribution >= 0.6 is 0 Å². The van der Waals surface area contributed by atoms with Crippen molar-refractivity contribution in [3.8, 4) is 0 Å². The SMILES string of the molecule is CC.CCCCCO/C=C/C(=C\C=C\OC)N(C=O)CC.CNC. The lowest BCUT2D eigenvalue weighted by atomic mass is 10.3. The van der Waals surface area contributed by atoms with Gasteiger partial charge in [-0.15, -0.1) is 0 Å². The van der Waals surface area contributed by atoms with Gasteiger partial charge >= 0.3 is 0 Å². The molecule has 0 aliphatic rings. The maximum Gasteiger partial charge on any atom is 0.214 e. The Morgan fingerprint density at radius 1 is 1.12 bits per heavy atom. The highest BCUT2D eigenvalue weighted by atomic mass is 16.5. The second kappa shape index (κ2) is 26.2. The zero-order chi connectivity index (χ0) is 19.1. The molecule has 5 heteroatoms. The smallest absolute Gasteiger partial charge is 0.214 e. The average Bonchev–Trinajstić information content (AvgIpc) is 2.61. The Morgan fingerprint density at radius 2 is 1.75 bits per heavy atom. The van der Waals surface area contributed by atoms with Gasteiger partial charge in [0.25, 0.3) is 0 Å². The predicted octanol–water partition coefficient (Wildman–Crippen LogP) is 4.09. The van der Waals surface area contributed by atoms with Gasteiger partial charge in [-0.3, -0.25) is 4.79 Å². The fourth-order valence-corrected chi connectivity index (χ4v) is 1.40. The normalized spacial score (nSPS) is 10.5. The molecule has 0 aromatic heterocycles. The number of carbonyl (C=O) groups excluding carboxylic acids is 1. The fraction of sp³-hybridized carbons (Fsp3) is 0.632. The number of amides is 1. The second-order valence-electron chi connectivity index (χ2n) is 4.43. The predicted molar refractivity (Wildman–Crippen MR) is 104 cm³/mol. The quantitative estimate of drug-likeness (QED) is 0.266. The minimum Gasteiger partial charge on any atom is -0.504 e. The third kappa shape index (κ3) is 20.2. The second-order valence-corrected chi connectivity index (χ2v) is 4.43. The van der Waals surface area contributed by atoms with Gasteiger partial charge in [0.15, 0.2) is 0 Å². The van der Waals surface area contributed by atoms with Crippen molar-refractivity contribution in [3.05, 3.63) is 36.4 Å². The van der Waals surface area contributed by atoms with Gasteiger partial charge in [-0.1, -0.05) is 33.6 Å². The number of hydrogen-bond acceptors (Lipinski definition) is 4. The third-order valence-corrected chi connectivity index (χ3v) is 2.48. The topological polar surface area (TPSA) is 50.8 Å². The van der Waals surface area contributed by atoms with Gasteiger partial charge in [0.1, 0.15) is 0 Å². The van der Waals surface area contributed by atoms with Crippen molar-refractivity contribution in [2.24, 2.45) is 0 Å². The summed E-state index contributed by atoms with van der Waals surface area (Å²) in [6, 6.07) is 0. The maximum absolute atomic E-state index is 10.9. The van der Waals surface area contributed by atoms with Crippen molar-refractivity contribution in [2.75, 3.05) is 34.4 Å². The number of carbonyl (C=O) groups is 1. The molecule has 0 saturated heterocycles.